The van der Waals surface area contributed by atoms with Crippen LogP contribution in [0.15, 0.2) is 24.3 Å². The van der Waals surface area contributed by atoms with Crippen molar-refractivity contribution in [2.45, 2.75) is 134 Å². The maximum absolute atomic E-state index is 12.4. The van der Waals surface area contributed by atoms with Gasteiger partial charge in [-0.15, -0.1) is 0 Å². The highest BCUT2D eigenvalue weighted by Gasteiger charge is 2.28. The van der Waals surface area contributed by atoms with Crippen LogP contribution in [0, 0.1) is 0 Å². The van der Waals surface area contributed by atoms with Crippen LogP contribution in [0.5, 0.6) is 0 Å². The fraction of sp³-hybridized carbons (Fsp3) is 0.702. The molecule has 28 nitrogen and oxygen atoms in total. The topological polar surface area (TPSA) is 367 Å². The van der Waals surface area contributed by atoms with E-state index >= 15 is 0 Å². The Morgan fingerprint density at radius 3 is 1.64 bits per heavy atom. The van der Waals surface area contributed by atoms with Gasteiger partial charge in [0.2, 0.25) is 23.8 Å². The first kappa shape index (κ1) is 68.8. The molecule has 1 aromatic heterocycles. The number of nitrogens with zero attached hydrogens (tertiary/aromatic N) is 10. The zero-order chi connectivity index (χ0) is 61.5. The number of amides is 3. The van der Waals surface area contributed by atoms with Gasteiger partial charge in [-0.3, -0.25) is 43.6 Å². The summed E-state index contributed by atoms with van der Waals surface area (Å²) in [6.07, 6.45) is 12.8. The minimum Gasteiger partial charge on any atom is -0.481 e. The van der Waals surface area contributed by atoms with Gasteiger partial charge in [0.25, 0.3) is 0 Å². The van der Waals surface area contributed by atoms with Crippen LogP contribution in [0.1, 0.15) is 115 Å². The van der Waals surface area contributed by atoms with E-state index in [-0.39, 0.29) is 44.4 Å². The maximum atomic E-state index is 12.4. The average molecular weight is 1200 g/mol. The van der Waals surface area contributed by atoms with Gasteiger partial charge in [0.15, 0.2) is 0 Å². The summed E-state index contributed by atoms with van der Waals surface area (Å²) in [5.41, 5.74) is 1.77. The second kappa shape index (κ2) is 37.4. The zero-order valence-electron chi connectivity index (χ0n) is 49.4. The van der Waals surface area contributed by atoms with E-state index in [1.54, 1.807) is 4.90 Å². The number of urea groups is 1. The van der Waals surface area contributed by atoms with E-state index in [9.17, 15) is 63.9 Å². The molecule has 3 fully saturated rings. The molecule has 4 heterocycles. The van der Waals surface area contributed by atoms with E-state index in [0.29, 0.717) is 95.9 Å². The number of anilines is 4. The van der Waals surface area contributed by atoms with Crippen molar-refractivity contribution in [2.75, 3.05) is 140 Å². The van der Waals surface area contributed by atoms with Crippen molar-refractivity contribution < 1.29 is 69.0 Å². The maximum Gasteiger partial charge on any atom is 0.326 e. The Hall–Kier alpha value is -7.01. The Morgan fingerprint density at radius 1 is 0.529 bits per heavy atom. The van der Waals surface area contributed by atoms with E-state index in [0.717, 1.165) is 121 Å². The van der Waals surface area contributed by atoms with Crippen LogP contribution in [0.25, 0.3) is 0 Å². The van der Waals surface area contributed by atoms with Crippen LogP contribution in [0.3, 0.4) is 0 Å². The predicted molar refractivity (Wildman–Crippen MR) is 316 cm³/mol. The molecule has 85 heavy (non-hydrogen) atoms. The highest BCUT2D eigenvalue weighted by atomic mass is 16.4. The zero-order valence-corrected chi connectivity index (χ0v) is 49.4. The minimum absolute atomic E-state index is 0.0585. The number of benzene rings is 1. The lowest BCUT2D eigenvalue weighted by molar-refractivity contribution is -0.141. The van der Waals surface area contributed by atoms with Crippen molar-refractivity contribution in [2.24, 2.45) is 0 Å². The number of piperidine rings is 1. The molecule has 0 aliphatic carbocycles. The number of carbonyl (C=O) groups is 8. The summed E-state index contributed by atoms with van der Waals surface area (Å²) >= 11 is 0. The first-order valence-corrected chi connectivity index (χ1v) is 30.2. The molecule has 0 saturated carbocycles. The molecule has 0 bridgehead atoms. The number of aliphatic carboxylic acids is 6. The molecule has 2 aromatic rings. The summed E-state index contributed by atoms with van der Waals surface area (Å²) in [5, 5.41) is 67.3. The summed E-state index contributed by atoms with van der Waals surface area (Å²) in [5.74, 6) is -5.22. The first-order chi connectivity index (χ1) is 40.8. The molecule has 10 N–H and O–H groups in total. The van der Waals surface area contributed by atoms with Crippen LogP contribution in [-0.4, -0.2) is 261 Å². The monoisotopic (exact) mass is 1200 g/mol. The summed E-state index contributed by atoms with van der Waals surface area (Å²) < 4.78 is 0. The SMILES string of the molecule is CN1CCN(CC(=O)O)CCN(CC(=O)O)CCN(CC(=O)O)C(Cc2ccc(Nc3nc(N4CCCCC4)nc(N4CCN(CCCCCCCCCCC(=O)NCCCC[C@H](NC(=O)N[C@@H](CCC(=O)O)C(=O)O)C(=O)O)CC4)n3)cc2)C1. The van der Waals surface area contributed by atoms with Crippen LogP contribution in [-0.2, 0) is 40.0 Å². The predicted octanol–water partition coefficient (Wildman–Crippen LogP) is 2.61. The number of carboxylic acids is 6. The average Bonchev–Trinajstić information content (AvgIpc) is 3.67. The van der Waals surface area contributed by atoms with E-state index in [4.69, 9.17) is 20.1 Å². The Balaban J connectivity index is 1.01. The van der Waals surface area contributed by atoms with Crippen LogP contribution < -0.4 is 31.1 Å². The highest BCUT2D eigenvalue weighted by molar-refractivity contribution is 5.86. The number of carboxylic acid groups (broad SMARTS) is 6. The molecule has 0 spiro atoms. The number of piperazine rings is 1. The lowest BCUT2D eigenvalue weighted by Gasteiger charge is -2.37. The van der Waals surface area contributed by atoms with Crippen molar-refractivity contribution in [3.8, 4) is 0 Å². The number of rotatable bonds is 35. The number of hydrogen-bond donors (Lipinski definition) is 10. The molecular formula is C57H92N14O14. The Kier molecular flexibility index (Phi) is 30.3. The molecule has 3 aliphatic rings. The molecule has 1 unspecified atom stereocenters. The third-order valence-electron chi connectivity index (χ3n) is 15.6. The largest absolute Gasteiger partial charge is 0.481 e. The van der Waals surface area contributed by atoms with Gasteiger partial charge >= 0.3 is 41.8 Å². The number of likely N-dealkylation sites (N-methyl/N-ethyl adjacent to an activating group) is 1. The summed E-state index contributed by atoms with van der Waals surface area (Å²) in [7, 11) is 1.95. The summed E-state index contributed by atoms with van der Waals surface area (Å²) in [6.45, 7) is 8.73. The Bertz CT molecular complexity index is 2430. The molecule has 3 amide bonds. The second-order valence-corrected chi connectivity index (χ2v) is 22.5. The molecule has 1 aromatic carbocycles. The fourth-order valence-electron chi connectivity index (χ4n) is 10.8. The van der Waals surface area contributed by atoms with Crippen molar-refractivity contribution in [1.82, 2.24) is 55.4 Å². The van der Waals surface area contributed by atoms with Gasteiger partial charge in [-0.05, 0) is 95.5 Å². The van der Waals surface area contributed by atoms with E-state index in [2.05, 4.69) is 40.9 Å². The summed E-state index contributed by atoms with van der Waals surface area (Å²) in [4.78, 5) is 123. The van der Waals surface area contributed by atoms with E-state index in [1.165, 1.54) is 6.42 Å². The third kappa shape index (κ3) is 27.3. The lowest BCUT2D eigenvalue weighted by atomic mass is 10.0. The number of unbranched alkanes of at least 4 members (excludes halogenated alkanes) is 8. The van der Waals surface area contributed by atoms with Gasteiger partial charge in [-0.25, -0.2) is 14.4 Å². The fourth-order valence-corrected chi connectivity index (χ4v) is 10.8. The van der Waals surface area contributed by atoms with Gasteiger partial charge in [0, 0.05) is 116 Å². The quantitative estimate of drug-likeness (QED) is 0.0443. The highest BCUT2D eigenvalue weighted by Crippen LogP contribution is 2.25. The van der Waals surface area contributed by atoms with Crippen LogP contribution in [0.2, 0.25) is 0 Å². The number of nitrogens with one attached hydrogen (secondary N) is 4. The molecule has 3 saturated heterocycles. The molecule has 0 radical (unpaired) electrons. The first-order valence-electron chi connectivity index (χ1n) is 30.2. The van der Waals surface area contributed by atoms with Crippen LogP contribution >= 0.6 is 0 Å². The van der Waals surface area contributed by atoms with Crippen molar-refractivity contribution in [3.63, 3.8) is 0 Å². The van der Waals surface area contributed by atoms with Crippen molar-refractivity contribution >= 4 is 71.3 Å². The molecular weight excluding hydrogens is 1100 g/mol. The van der Waals surface area contributed by atoms with Crippen molar-refractivity contribution in [3.05, 3.63) is 29.8 Å². The number of carbonyl (C=O) groups excluding carboxylic acids is 2. The minimum atomic E-state index is -1.48. The molecule has 3 atom stereocenters. The normalized spacial score (nSPS) is 18.1. The van der Waals surface area contributed by atoms with Gasteiger partial charge in [0.05, 0.1) is 19.6 Å². The van der Waals surface area contributed by atoms with E-state index in [1.807, 2.05) is 41.1 Å². The standard InChI is InChI=1S/C57H92N14O14/c1-65-27-28-67(39-49(75)76)29-30-68(40-50(77)78)33-36-71(41-51(79)80)44(38-65)37-42-17-19-43(20-18-42)59-54-62-55(69-25-13-8-14-26-69)64-56(63-54)70-34-31-66(32-35-70)24-12-7-5-3-2-4-6-9-16-47(72)58-23-11-10-15-45(52(81)82)60-57(85)61-46(53(83)84)21-22-48(73)74/h17-20,44-46H,2-16,21-41H2,1H3,(H,58,72)(H,73,74)(H,75,76)(H,77,78)(H,79,80)(H,81,82)(H,83,84)(H2,60,61,85)(H,59,62,63,64)/t44?,45-,46-/m0/s1. The van der Waals surface area contributed by atoms with E-state index < -0.39 is 60.4 Å². The number of hydrogen-bond acceptors (Lipinski definition) is 19. The molecule has 5 rings (SSSR count). The van der Waals surface area contributed by atoms with Gasteiger partial charge < -0.3 is 66.6 Å². The van der Waals surface area contributed by atoms with Gasteiger partial charge in [0.1, 0.15) is 12.1 Å². The Labute approximate surface area is 497 Å². The molecule has 28 heteroatoms. The van der Waals surface area contributed by atoms with Gasteiger partial charge in [-0.2, -0.15) is 15.0 Å². The van der Waals surface area contributed by atoms with Crippen LogP contribution in [0.4, 0.5) is 28.3 Å². The molecule has 474 valence electrons. The molecule has 3 aliphatic heterocycles. The summed E-state index contributed by atoms with van der Waals surface area (Å²) in [6, 6.07) is 3.93. The lowest BCUT2D eigenvalue weighted by Crippen LogP contribution is -2.52. The smallest absolute Gasteiger partial charge is 0.326 e. The van der Waals surface area contributed by atoms with Gasteiger partial charge in [-0.1, -0.05) is 50.7 Å². The Morgan fingerprint density at radius 2 is 1.06 bits per heavy atom. The third-order valence-corrected chi connectivity index (χ3v) is 15.6. The number of aromatic nitrogens is 3. The van der Waals surface area contributed by atoms with Crippen molar-refractivity contribution in [1.29, 1.82) is 0 Å². The second-order valence-electron chi connectivity index (χ2n) is 22.5.